The predicted octanol–water partition coefficient (Wildman–Crippen LogP) is 0.307. The first kappa shape index (κ1) is 10.6. The Bertz CT molecular complexity index is 426. The van der Waals surface area contributed by atoms with Crippen LogP contribution in [0.2, 0.25) is 0 Å². The lowest BCUT2D eigenvalue weighted by Crippen LogP contribution is -2.22. The molecule has 0 aromatic heterocycles. The van der Waals surface area contributed by atoms with Crippen LogP contribution in [0.25, 0.3) is 0 Å². The quantitative estimate of drug-likeness (QED) is 0.670. The van der Waals surface area contributed by atoms with Crippen LogP contribution >= 0.6 is 0 Å². The summed E-state index contributed by atoms with van der Waals surface area (Å²) in [4.78, 5) is 21.7. The predicted molar refractivity (Wildman–Crippen MR) is 54.9 cm³/mol. The average molecular weight is 221 g/mol. The molecule has 1 aromatic carbocycles. The molecule has 0 bridgehead atoms. The Hall–Kier alpha value is -1.88. The third-order valence-corrected chi connectivity index (χ3v) is 2.61. The summed E-state index contributed by atoms with van der Waals surface area (Å²) >= 11 is 0. The highest BCUT2D eigenvalue weighted by molar-refractivity contribution is 5.87. The smallest absolute Gasteiger partial charge is 0.335 e. The number of carbonyl (C=O) groups is 2. The van der Waals surface area contributed by atoms with Crippen molar-refractivity contribution in [2.24, 2.45) is 0 Å². The molecule has 1 amide bonds. The lowest BCUT2D eigenvalue weighted by Gasteiger charge is -2.14. The van der Waals surface area contributed by atoms with Crippen molar-refractivity contribution in [1.29, 1.82) is 0 Å². The van der Waals surface area contributed by atoms with E-state index in [-0.39, 0.29) is 17.9 Å². The second-order valence-corrected chi connectivity index (χ2v) is 3.74. The molecule has 1 aliphatic rings. The van der Waals surface area contributed by atoms with Gasteiger partial charge in [0.2, 0.25) is 5.91 Å². The number of hydrogen-bond donors (Lipinski definition) is 3. The number of carboxylic acids is 1. The molecule has 2 rings (SSSR count). The molecule has 1 aromatic rings. The zero-order valence-electron chi connectivity index (χ0n) is 8.38. The van der Waals surface area contributed by atoms with Crippen LogP contribution in [-0.4, -0.2) is 28.2 Å². The highest BCUT2D eigenvalue weighted by Crippen LogP contribution is 2.24. The monoisotopic (exact) mass is 221 g/mol. The normalized spacial score (nSPS) is 24.2. The molecular formula is C11H11NO4. The Morgan fingerprint density at radius 2 is 1.94 bits per heavy atom. The molecule has 5 heteroatoms. The SMILES string of the molecule is O=C1CC(O)C(c2ccc(C(=O)O)cc2)N1. The van der Waals surface area contributed by atoms with Gasteiger partial charge in [0.05, 0.1) is 24.1 Å². The molecule has 0 radical (unpaired) electrons. The Morgan fingerprint density at radius 3 is 2.38 bits per heavy atom. The van der Waals surface area contributed by atoms with Gasteiger partial charge in [-0.1, -0.05) is 12.1 Å². The molecule has 2 unspecified atom stereocenters. The van der Waals surface area contributed by atoms with Gasteiger partial charge in [-0.25, -0.2) is 4.79 Å². The van der Waals surface area contributed by atoms with Gasteiger partial charge in [0.25, 0.3) is 0 Å². The molecular weight excluding hydrogens is 210 g/mol. The number of aliphatic hydroxyl groups excluding tert-OH is 1. The van der Waals surface area contributed by atoms with E-state index in [1.807, 2.05) is 0 Å². The average Bonchev–Trinajstić information content (AvgIpc) is 2.58. The topological polar surface area (TPSA) is 86.6 Å². The minimum absolute atomic E-state index is 0.0886. The molecule has 2 atom stereocenters. The van der Waals surface area contributed by atoms with Gasteiger partial charge in [0.1, 0.15) is 0 Å². The molecule has 3 N–H and O–H groups in total. The fourth-order valence-electron chi connectivity index (χ4n) is 1.77. The Morgan fingerprint density at radius 1 is 1.31 bits per heavy atom. The van der Waals surface area contributed by atoms with Crippen LogP contribution in [-0.2, 0) is 4.79 Å². The van der Waals surface area contributed by atoms with Crippen LogP contribution in [0, 0.1) is 0 Å². The van der Waals surface area contributed by atoms with Gasteiger partial charge in [-0.05, 0) is 17.7 Å². The molecule has 5 nitrogen and oxygen atoms in total. The first-order valence-electron chi connectivity index (χ1n) is 4.88. The fraction of sp³-hybridized carbons (Fsp3) is 0.273. The van der Waals surface area contributed by atoms with Crippen LogP contribution in [0.4, 0.5) is 0 Å². The fourth-order valence-corrected chi connectivity index (χ4v) is 1.77. The van der Waals surface area contributed by atoms with E-state index in [1.165, 1.54) is 12.1 Å². The van der Waals surface area contributed by atoms with E-state index in [1.54, 1.807) is 12.1 Å². The molecule has 1 saturated heterocycles. The van der Waals surface area contributed by atoms with E-state index in [0.29, 0.717) is 5.56 Å². The number of nitrogens with one attached hydrogen (secondary N) is 1. The number of carbonyl (C=O) groups excluding carboxylic acids is 1. The van der Waals surface area contributed by atoms with Gasteiger partial charge < -0.3 is 15.5 Å². The van der Waals surface area contributed by atoms with Crippen LogP contribution in [0.5, 0.6) is 0 Å². The van der Waals surface area contributed by atoms with E-state index in [4.69, 9.17) is 5.11 Å². The van der Waals surface area contributed by atoms with E-state index in [9.17, 15) is 14.7 Å². The number of rotatable bonds is 2. The lowest BCUT2D eigenvalue weighted by atomic mass is 10.0. The first-order valence-corrected chi connectivity index (χ1v) is 4.88. The lowest BCUT2D eigenvalue weighted by molar-refractivity contribution is -0.119. The third-order valence-electron chi connectivity index (χ3n) is 2.61. The Kier molecular flexibility index (Phi) is 2.62. The molecule has 0 aliphatic carbocycles. The maximum absolute atomic E-state index is 11.0. The minimum Gasteiger partial charge on any atom is -0.478 e. The van der Waals surface area contributed by atoms with Crippen LogP contribution in [0.3, 0.4) is 0 Å². The highest BCUT2D eigenvalue weighted by atomic mass is 16.4. The summed E-state index contributed by atoms with van der Waals surface area (Å²) in [7, 11) is 0. The zero-order chi connectivity index (χ0) is 11.7. The van der Waals surface area contributed by atoms with E-state index < -0.39 is 18.1 Å². The van der Waals surface area contributed by atoms with Gasteiger partial charge in [-0.3, -0.25) is 4.79 Å². The molecule has 0 spiro atoms. The van der Waals surface area contributed by atoms with Crippen LogP contribution < -0.4 is 5.32 Å². The number of aliphatic hydroxyl groups is 1. The number of aromatic carboxylic acids is 1. The third kappa shape index (κ3) is 1.90. The van der Waals surface area contributed by atoms with Gasteiger partial charge in [-0.2, -0.15) is 0 Å². The molecule has 1 fully saturated rings. The highest BCUT2D eigenvalue weighted by Gasteiger charge is 2.31. The maximum Gasteiger partial charge on any atom is 0.335 e. The van der Waals surface area contributed by atoms with E-state index >= 15 is 0 Å². The van der Waals surface area contributed by atoms with Crippen molar-refractivity contribution >= 4 is 11.9 Å². The van der Waals surface area contributed by atoms with E-state index in [0.717, 1.165) is 0 Å². The van der Waals surface area contributed by atoms with Crippen LogP contribution in [0.1, 0.15) is 28.4 Å². The molecule has 16 heavy (non-hydrogen) atoms. The second kappa shape index (κ2) is 3.94. The van der Waals surface area contributed by atoms with Crippen LogP contribution in [0.15, 0.2) is 24.3 Å². The second-order valence-electron chi connectivity index (χ2n) is 3.74. The summed E-state index contributed by atoms with van der Waals surface area (Å²) < 4.78 is 0. The zero-order valence-corrected chi connectivity index (χ0v) is 8.38. The Balaban J connectivity index is 2.22. The van der Waals surface area contributed by atoms with Gasteiger partial charge in [-0.15, -0.1) is 0 Å². The van der Waals surface area contributed by atoms with Crippen molar-refractivity contribution in [3.8, 4) is 0 Å². The van der Waals surface area contributed by atoms with Crippen molar-refractivity contribution < 1.29 is 19.8 Å². The van der Waals surface area contributed by atoms with Crippen molar-refractivity contribution in [2.75, 3.05) is 0 Å². The van der Waals surface area contributed by atoms with Crippen molar-refractivity contribution in [2.45, 2.75) is 18.6 Å². The largest absolute Gasteiger partial charge is 0.478 e. The first-order chi connectivity index (χ1) is 7.58. The Labute approximate surface area is 91.7 Å². The van der Waals surface area contributed by atoms with Crippen molar-refractivity contribution in [1.82, 2.24) is 5.32 Å². The summed E-state index contributed by atoms with van der Waals surface area (Å²) in [6.07, 6.45) is -0.658. The number of hydrogen-bond acceptors (Lipinski definition) is 3. The summed E-state index contributed by atoms with van der Waals surface area (Å²) in [6.45, 7) is 0. The van der Waals surface area contributed by atoms with E-state index in [2.05, 4.69) is 5.32 Å². The van der Waals surface area contributed by atoms with Gasteiger partial charge in [0.15, 0.2) is 0 Å². The van der Waals surface area contributed by atoms with Gasteiger partial charge >= 0.3 is 5.97 Å². The minimum atomic E-state index is -0.998. The summed E-state index contributed by atoms with van der Waals surface area (Å²) in [5.41, 5.74) is 0.894. The summed E-state index contributed by atoms with van der Waals surface area (Å²) in [5.74, 6) is -1.19. The molecule has 1 heterocycles. The van der Waals surface area contributed by atoms with Crippen molar-refractivity contribution in [3.63, 3.8) is 0 Å². The molecule has 1 aliphatic heterocycles. The maximum atomic E-state index is 11.0. The number of amides is 1. The van der Waals surface area contributed by atoms with Gasteiger partial charge in [0, 0.05) is 0 Å². The number of benzene rings is 1. The number of carboxylic acid groups (broad SMARTS) is 1. The standard InChI is InChI=1S/C11H11NO4/c13-8-5-9(14)12-10(8)6-1-3-7(4-2-6)11(15)16/h1-4,8,10,13H,5H2,(H,12,14)(H,15,16). The molecule has 0 saturated carbocycles. The molecule has 84 valence electrons. The summed E-state index contributed by atoms with van der Waals surface area (Å²) in [6, 6.07) is 5.67. The van der Waals surface area contributed by atoms with Crippen molar-refractivity contribution in [3.05, 3.63) is 35.4 Å². The summed E-state index contributed by atoms with van der Waals surface area (Å²) in [5, 5.41) is 20.9.